The monoisotopic (exact) mass is 341 g/mol. The molecule has 2 aromatic rings. The Morgan fingerprint density at radius 3 is 2.56 bits per heavy atom. The summed E-state index contributed by atoms with van der Waals surface area (Å²) in [6.45, 7) is 3.54. The van der Waals surface area contributed by atoms with Gasteiger partial charge in [-0.05, 0) is 54.8 Å². The summed E-state index contributed by atoms with van der Waals surface area (Å²) in [7, 11) is 0. The molecule has 0 aromatic heterocycles. The van der Waals surface area contributed by atoms with Gasteiger partial charge in [0.25, 0.3) is 5.91 Å². The van der Waals surface area contributed by atoms with Crippen molar-refractivity contribution < 1.29 is 18.7 Å². The lowest BCUT2D eigenvalue weighted by atomic mass is 10.1. The Hall–Kier alpha value is -2.95. The molecule has 0 spiro atoms. The summed E-state index contributed by atoms with van der Waals surface area (Å²) in [4.78, 5) is 23.8. The van der Waals surface area contributed by atoms with Crippen molar-refractivity contribution in [1.29, 1.82) is 0 Å². The molecule has 4 nitrogen and oxygen atoms in total. The molecule has 0 fully saturated rings. The first-order chi connectivity index (χ1) is 12.0. The number of anilines is 1. The number of hydrogen-bond acceptors (Lipinski definition) is 3. The van der Waals surface area contributed by atoms with Crippen LogP contribution in [0.15, 0.2) is 54.6 Å². The smallest absolute Gasteiger partial charge is 0.331 e. The number of aryl methyl sites for hydroxylation is 1. The molecule has 2 rings (SSSR count). The lowest BCUT2D eigenvalue weighted by molar-refractivity contribution is -0.148. The van der Waals surface area contributed by atoms with E-state index < -0.39 is 23.8 Å². The van der Waals surface area contributed by atoms with Gasteiger partial charge in [-0.15, -0.1) is 0 Å². The second-order valence-corrected chi connectivity index (χ2v) is 5.51. The summed E-state index contributed by atoms with van der Waals surface area (Å²) in [6, 6.07) is 13.3. The third-order valence-corrected chi connectivity index (χ3v) is 3.55. The first kappa shape index (κ1) is 18.4. The Morgan fingerprint density at radius 2 is 1.92 bits per heavy atom. The largest absolute Gasteiger partial charge is 0.449 e. The van der Waals surface area contributed by atoms with E-state index in [-0.39, 0.29) is 0 Å². The van der Waals surface area contributed by atoms with E-state index in [1.165, 1.54) is 30.7 Å². The van der Waals surface area contributed by atoms with E-state index in [1.54, 1.807) is 24.3 Å². The zero-order valence-corrected chi connectivity index (χ0v) is 14.2. The van der Waals surface area contributed by atoms with Gasteiger partial charge in [0, 0.05) is 11.8 Å². The Morgan fingerprint density at radius 1 is 1.20 bits per heavy atom. The van der Waals surface area contributed by atoms with Gasteiger partial charge in [-0.1, -0.05) is 31.2 Å². The molecule has 1 amide bonds. The summed E-state index contributed by atoms with van der Waals surface area (Å²) in [5.74, 6) is -1.48. The molecule has 25 heavy (non-hydrogen) atoms. The van der Waals surface area contributed by atoms with Crippen molar-refractivity contribution in [3.05, 3.63) is 71.6 Å². The van der Waals surface area contributed by atoms with Crippen molar-refractivity contribution in [3.8, 4) is 0 Å². The minimum absolute atomic E-state index is 0.391. The van der Waals surface area contributed by atoms with Crippen molar-refractivity contribution in [2.75, 3.05) is 5.32 Å². The third kappa shape index (κ3) is 5.88. The van der Waals surface area contributed by atoms with Crippen LogP contribution < -0.4 is 5.32 Å². The standard InChI is InChI=1S/C20H20FNO3/c1-3-15-7-10-18(11-8-15)22-20(24)14(2)25-19(23)12-9-16-5-4-6-17(21)13-16/h4-14H,3H2,1-2H3,(H,22,24)/b12-9+/t14-/m0/s1. The van der Waals surface area contributed by atoms with Crippen LogP contribution in [0.4, 0.5) is 10.1 Å². The molecular weight excluding hydrogens is 321 g/mol. The van der Waals surface area contributed by atoms with Crippen LogP contribution in [0.25, 0.3) is 6.08 Å². The average Bonchev–Trinajstić information content (AvgIpc) is 2.60. The molecule has 1 atom stereocenters. The number of amides is 1. The van der Waals surface area contributed by atoms with Crippen molar-refractivity contribution in [2.45, 2.75) is 26.4 Å². The maximum Gasteiger partial charge on any atom is 0.331 e. The van der Waals surface area contributed by atoms with Crippen LogP contribution in [0.2, 0.25) is 0 Å². The van der Waals surface area contributed by atoms with Crippen LogP contribution in [-0.2, 0) is 20.7 Å². The minimum atomic E-state index is -0.949. The van der Waals surface area contributed by atoms with E-state index in [0.717, 1.165) is 12.5 Å². The van der Waals surface area contributed by atoms with E-state index in [1.807, 2.05) is 19.1 Å². The molecule has 0 saturated carbocycles. The maximum absolute atomic E-state index is 13.1. The molecule has 0 heterocycles. The molecule has 130 valence electrons. The highest BCUT2D eigenvalue weighted by atomic mass is 19.1. The summed E-state index contributed by atoms with van der Waals surface area (Å²) < 4.78 is 18.1. The van der Waals surface area contributed by atoms with Gasteiger partial charge in [-0.2, -0.15) is 0 Å². The highest BCUT2D eigenvalue weighted by Gasteiger charge is 2.16. The fourth-order valence-corrected chi connectivity index (χ4v) is 2.11. The SMILES string of the molecule is CCc1ccc(NC(=O)[C@H](C)OC(=O)/C=C/c2cccc(F)c2)cc1. The van der Waals surface area contributed by atoms with Crippen LogP contribution in [0, 0.1) is 5.82 Å². The van der Waals surface area contributed by atoms with Gasteiger partial charge in [0.05, 0.1) is 0 Å². The Labute approximate surface area is 146 Å². The first-order valence-electron chi connectivity index (χ1n) is 8.02. The number of halogens is 1. The van der Waals surface area contributed by atoms with Gasteiger partial charge in [-0.3, -0.25) is 4.79 Å². The number of carbonyl (C=O) groups is 2. The summed E-state index contributed by atoms with van der Waals surface area (Å²) in [6.07, 6.45) is 2.56. The molecule has 0 aliphatic carbocycles. The van der Waals surface area contributed by atoms with E-state index >= 15 is 0 Å². The lowest BCUT2D eigenvalue weighted by Gasteiger charge is -2.12. The number of esters is 1. The van der Waals surface area contributed by atoms with Crippen molar-refractivity contribution in [3.63, 3.8) is 0 Å². The number of nitrogens with one attached hydrogen (secondary N) is 1. The highest BCUT2D eigenvalue weighted by Crippen LogP contribution is 2.11. The number of carbonyl (C=O) groups excluding carboxylic acids is 2. The molecule has 5 heteroatoms. The highest BCUT2D eigenvalue weighted by molar-refractivity contribution is 5.96. The fourth-order valence-electron chi connectivity index (χ4n) is 2.11. The number of benzene rings is 2. The molecule has 0 aliphatic rings. The predicted molar refractivity (Wildman–Crippen MR) is 95.4 cm³/mol. The fraction of sp³-hybridized carbons (Fsp3) is 0.200. The summed E-state index contributed by atoms with van der Waals surface area (Å²) in [5.41, 5.74) is 2.34. The van der Waals surface area contributed by atoms with Gasteiger partial charge >= 0.3 is 5.97 Å². The van der Waals surface area contributed by atoms with Crippen LogP contribution in [0.1, 0.15) is 25.0 Å². The second kappa shape index (κ2) is 8.78. The average molecular weight is 341 g/mol. The van der Waals surface area contributed by atoms with E-state index in [9.17, 15) is 14.0 Å². The van der Waals surface area contributed by atoms with Crippen LogP contribution in [0.3, 0.4) is 0 Å². The van der Waals surface area contributed by atoms with Crippen molar-refractivity contribution in [2.24, 2.45) is 0 Å². The van der Waals surface area contributed by atoms with E-state index in [4.69, 9.17) is 4.74 Å². The maximum atomic E-state index is 13.1. The molecule has 0 bridgehead atoms. The van der Waals surface area contributed by atoms with Crippen LogP contribution >= 0.6 is 0 Å². The van der Waals surface area contributed by atoms with Gasteiger partial charge in [0.1, 0.15) is 5.82 Å². The first-order valence-corrected chi connectivity index (χ1v) is 8.02. The Balaban J connectivity index is 1.87. The number of ether oxygens (including phenoxy) is 1. The molecule has 0 aliphatic heterocycles. The van der Waals surface area contributed by atoms with Gasteiger partial charge in [0.15, 0.2) is 6.10 Å². The predicted octanol–water partition coefficient (Wildman–Crippen LogP) is 3.97. The van der Waals surface area contributed by atoms with Crippen molar-refractivity contribution in [1.82, 2.24) is 0 Å². The van der Waals surface area contributed by atoms with E-state index in [0.29, 0.717) is 11.3 Å². The van der Waals surface area contributed by atoms with Crippen LogP contribution in [0.5, 0.6) is 0 Å². The molecule has 1 N–H and O–H groups in total. The lowest BCUT2D eigenvalue weighted by Crippen LogP contribution is -2.29. The van der Waals surface area contributed by atoms with Gasteiger partial charge in [-0.25, -0.2) is 9.18 Å². The number of rotatable bonds is 6. The Kier molecular flexibility index (Phi) is 6.46. The zero-order chi connectivity index (χ0) is 18.2. The summed E-state index contributed by atoms with van der Waals surface area (Å²) in [5, 5.41) is 2.69. The quantitative estimate of drug-likeness (QED) is 0.639. The minimum Gasteiger partial charge on any atom is -0.449 e. The number of hydrogen-bond donors (Lipinski definition) is 1. The van der Waals surface area contributed by atoms with Crippen LogP contribution in [-0.4, -0.2) is 18.0 Å². The van der Waals surface area contributed by atoms with Crippen molar-refractivity contribution >= 4 is 23.6 Å². The van der Waals surface area contributed by atoms with Gasteiger partial charge < -0.3 is 10.1 Å². The molecule has 0 saturated heterocycles. The van der Waals surface area contributed by atoms with Gasteiger partial charge in [0.2, 0.25) is 0 Å². The third-order valence-electron chi connectivity index (χ3n) is 3.55. The molecule has 0 radical (unpaired) electrons. The zero-order valence-electron chi connectivity index (χ0n) is 14.2. The summed E-state index contributed by atoms with van der Waals surface area (Å²) >= 11 is 0. The molecular formula is C20H20FNO3. The molecule has 2 aromatic carbocycles. The normalized spacial score (nSPS) is 12.0. The molecule has 0 unspecified atom stereocenters. The second-order valence-electron chi connectivity index (χ2n) is 5.51. The van der Waals surface area contributed by atoms with E-state index in [2.05, 4.69) is 5.32 Å². The topological polar surface area (TPSA) is 55.4 Å². The Bertz CT molecular complexity index is 769.